The van der Waals surface area contributed by atoms with Crippen LogP contribution in [0.25, 0.3) is 11.4 Å². The van der Waals surface area contributed by atoms with E-state index in [1.807, 2.05) is 4.90 Å². The lowest BCUT2D eigenvalue weighted by atomic mass is 9.86. The molecule has 0 saturated carbocycles. The van der Waals surface area contributed by atoms with Crippen molar-refractivity contribution in [2.45, 2.75) is 43.9 Å². The number of benzene rings is 1. The number of methoxy groups -OCH3 is 1. The van der Waals surface area contributed by atoms with Crippen molar-refractivity contribution in [2.75, 3.05) is 7.11 Å². The summed E-state index contributed by atoms with van der Waals surface area (Å²) in [6, 6.07) is 7.02. The fraction of sp³-hybridized carbons (Fsp3) is 0.375. The number of fused-ring (bicyclic) bond motifs is 2. The van der Waals surface area contributed by atoms with E-state index in [1.54, 1.807) is 43.8 Å². The molecular weight excluding hydrogens is 447 g/mol. The van der Waals surface area contributed by atoms with Gasteiger partial charge in [0.2, 0.25) is 0 Å². The van der Waals surface area contributed by atoms with Gasteiger partial charge in [-0.25, -0.2) is 15.0 Å². The van der Waals surface area contributed by atoms with Gasteiger partial charge in [-0.1, -0.05) is 0 Å². The Morgan fingerprint density at radius 1 is 1.12 bits per heavy atom. The number of rotatable bonds is 5. The molecule has 0 N–H and O–H groups in total. The molecule has 0 aliphatic carbocycles. The SMILES string of the molecule is COc1ccc(C(=O)N2C3CCC2C(Cc2cnc(C(F)(F)F)cn2)C3)c(-c2ncccn2)c1. The third-order valence-electron chi connectivity index (χ3n) is 6.63. The van der Waals surface area contributed by atoms with E-state index in [1.165, 1.54) is 6.20 Å². The Labute approximate surface area is 194 Å². The molecule has 2 aliphatic rings. The molecule has 1 aromatic carbocycles. The van der Waals surface area contributed by atoms with Gasteiger partial charge in [0, 0.05) is 36.2 Å². The van der Waals surface area contributed by atoms with Gasteiger partial charge in [0.25, 0.3) is 5.91 Å². The molecule has 34 heavy (non-hydrogen) atoms. The van der Waals surface area contributed by atoms with Gasteiger partial charge in [-0.2, -0.15) is 13.2 Å². The van der Waals surface area contributed by atoms with E-state index >= 15 is 0 Å². The van der Waals surface area contributed by atoms with Crippen LogP contribution in [0.1, 0.15) is 41.0 Å². The summed E-state index contributed by atoms with van der Waals surface area (Å²) in [6.07, 6.45) is 3.71. The summed E-state index contributed by atoms with van der Waals surface area (Å²) in [5.74, 6) is 1.05. The maximum atomic E-state index is 13.7. The number of carbonyl (C=O) groups is 1. The highest BCUT2D eigenvalue weighted by Gasteiger charge is 2.49. The van der Waals surface area contributed by atoms with Gasteiger partial charge in [0.1, 0.15) is 5.75 Å². The zero-order chi connectivity index (χ0) is 23.9. The van der Waals surface area contributed by atoms with Crippen molar-refractivity contribution in [1.29, 1.82) is 0 Å². The number of hydrogen-bond acceptors (Lipinski definition) is 6. The summed E-state index contributed by atoms with van der Waals surface area (Å²) >= 11 is 0. The Morgan fingerprint density at radius 2 is 1.91 bits per heavy atom. The van der Waals surface area contributed by atoms with E-state index in [4.69, 9.17) is 4.74 Å². The Hall–Kier alpha value is -3.56. The van der Waals surface area contributed by atoms with E-state index in [0.29, 0.717) is 34.8 Å². The van der Waals surface area contributed by atoms with E-state index in [9.17, 15) is 18.0 Å². The monoisotopic (exact) mass is 469 g/mol. The van der Waals surface area contributed by atoms with Gasteiger partial charge in [-0.15, -0.1) is 0 Å². The number of hydrogen-bond donors (Lipinski definition) is 0. The molecule has 2 saturated heterocycles. The second kappa shape index (κ2) is 8.66. The smallest absolute Gasteiger partial charge is 0.434 e. The summed E-state index contributed by atoms with van der Waals surface area (Å²) in [6.45, 7) is 0. The third kappa shape index (κ3) is 4.08. The van der Waals surface area contributed by atoms with Crippen molar-refractivity contribution in [1.82, 2.24) is 24.8 Å². The molecule has 3 atom stereocenters. The first-order valence-electron chi connectivity index (χ1n) is 11.0. The summed E-state index contributed by atoms with van der Waals surface area (Å²) < 4.78 is 43.7. The largest absolute Gasteiger partial charge is 0.497 e. The van der Waals surface area contributed by atoms with Crippen molar-refractivity contribution in [3.05, 3.63) is 66.0 Å². The Bertz CT molecular complexity index is 1190. The molecule has 5 rings (SSSR count). The molecule has 0 radical (unpaired) electrons. The Balaban J connectivity index is 1.39. The molecule has 0 spiro atoms. The van der Waals surface area contributed by atoms with Crippen LogP contribution in [-0.4, -0.2) is 49.9 Å². The van der Waals surface area contributed by atoms with Crippen LogP contribution in [-0.2, 0) is 12.6 Å². The zero-order valence-corrected chi connectivity index (χ0v) is 18.4. The van der Waals surface area contributed by atoms with Gasteiger partial charge in [-0.3, -0.25) is 9.78 Å². The first kappa shape index (κ1) is 22.2. The summed E-state index contributed by atoms with van der Waals surface area (Å²) in [4.78, 5) is 31.8. The molecule has 10 heteroatoms. The second-order valence-electron chi connectivity index (χ2n) is 8.59. The molecule has 3 unspecified atom stereocenters. The van der Waals surface area contributed by atoms with Crippen molar-refractivity contribution in [3.63, 3.8) is 0 Å². The predicted octanol–water partition coefficient (Wildman–Crippen LogP) is 4.20. The highest BCUT2D eigenvalue weighted by molar-refractivity contribution is 6.01. The number of carbonyl (C=O) groups excluding carboxylic acids is 1. The molecule has 4 heterocycles. The fourth-order valence-corrected chi connectivity index (χ4v) is 5.12. The topological polar surface area (TPSA) is 81.1 Å². The average Bonchev–Trinajstić information content (AvgIpc) is 3.41. The van der Waals surface area contributed by atoms with Gasteiger partial charge in [0.15, 0.2) is 11.5 Å². The van der Waals surface area contributed by atoms with E-state index in [-0.39, 0.29) is 23.9 Å². The summed E-state index contributed by atoms with van der Waals surface area (Å²) in [5.41, 5.74) is 0.595. The van der Waals surface area contributed by atoms with Crippen molar-refractivity contribution in [2.24, 2.45) is 5.92 Å². The lowest BCUT2D eigenvalue weighted by molar-refractivity contribution is -0.141. The first-order valence-corrected chi connectivity index (χ1v) is 11.0. The van der Waals surface area contributed by atoms with E-state index < -0.39 is 11.9 Å². The number of aromatic nitrogens is 4. The highest BCUT2D eigenvalue weighted by atomic mass is 19.4. The average molecular weight is 469 g/mol. The summed E-state index contributed by atoms with van der Waals surface area (Å²) in [5, 5.41) is 0. The number of ether oxygens (including phenoxy) is 1. The number of halogens is 3. The lowest BCUT2D eigenvalue weighted by Gasteiger charge is -2.25. The maximum absolute atomic E-state index is 13.7. The van der Waals surface area contributed by atoms with Crippen LogP contribution in [0.4, 0.5) is 13.2 Å². The normalized spacial score (nSPS) is 21.6. The van der Waals surface area contributed by atoms with Crippen LogP contribution in [0.3, 0.4) is 0 Å². The highest BCUT2D eigenvalue weighted by Crippen LogP contribution is 2.44. The van der Waals surface area contributed by atoms with E-state index in [2.05, 4.69) is 19.9 Å². The minimum absolute atomic E-state index is 0.00626. The van der Waals surface area contributed by atoms with Gasteiger partial charge in [-0.05, 0) is 55.9 Å². The Morgan fingerprint density at radius 3 is 2.59 bits per heavy atom. The molecule has 2 bridgehead atoms. The van der Waals surface area contributed by atoms with Crippen molar-refractivity contribution < 1.29 is 22.7 Å². The van der Waals surface area contributed by atoms with Crippen LogP contribution in [0.5, 0.6) is 5.75 Å². The van der Waals surface area contributed by atoms with Crippen molar-refractivity contribution >= 4 is 5.91 Å². The number of nitrogens with zero attached hydrogens (tertiary/aromatic N) is 5. The van der Waals surface area contributed by atoms with Crippen LogP contribution in [0, 0.1) is 5.92 Å². The number of alkyl halides is 3. The van der Waals surface area contributed by atoms with Crippen LogP contribution < -0.4 is 4.74 Å². The molecule has 7 nitrogen and oxygen atoms in total. The number of amides is 1. The minimum Gasteiger partial charge on any atom is -0.497 e. The third-order valence-corrected chi connectivity index (χ3v) is 6.63. The first-order chi connectivity index (χ1) is 16.3. The van der Waals surface area contributed by atoms with Crippen LogP contribution in [0.15, 0.2) is 49.1 Å². The van der Waals surface area contributed by atoms with Gasteiger partial charge >= 0.3 is 6.18 Å². The van der Waals surface area contributed by atoms with Gasteiger partial charge in [0.05, 0.1) is 24.6 Å². The molecule has 2 fully saturated rings. The Kier molecular flexibility index (Phi) is 5.66. The molecule has 3 aromatic rings. The quantitative estimate of drug-likeness (QED) is 0.557. The molecule has 1 amide bonds. The van der Waals surface area contributed by atoms with E-state index in [0.717, 1.165) is 25.5 Å². The minimum atomic E-state index is -4.51. The van der Waals surface area contributed by atoms with Crippen LogP contribution >= 0.6 is 0 Å². The second-order valence-corrected chi connectivity index (χ2v) is 8.59. The standard InChI is InChI=1S/C24H22F3N5O2/c1-34-17-4-5-18(19(11-17)22-28-7-2-8-29-22)23(33)32-16-3-6-20(32)14(10-16)9-15-12-31-21(13-30-15)24(25,26)27/h2,4-5,7-8,11-14,16,20H,3,6,9-10H2,1H3. The maximum Gasteiger partial charge on any atom is 0.434 e. The van der Waals surface area contributed by atoms with Crippen LogP contribution in [0.2, 0.25) is 0 Å². The zero-order valence-electron chi connectivity index (χ0n) is 18.4. The predicted molar refractivity (Wildman–Crippen MR) is 116 cm³/mol. The fourth-order valence-electron chi connectivity index (χ4n) is 5.12. The molecule has 2 aromatic heterocycles. The lowest BCUT2D eigenvalue weighted by Crippen LogP contribution is -2.37. The van der Waals surface area contributed by atoms with Crippen molar-refractivity contribution in [3.8, 4) is 17.1 Å². The molecule has 176 valence electrons. The summed E-state index contributed by atoms with van der Waals surface area (Å²) in [7, 11) is 1.56. The molecule has 2 aliphatic heterocycles. The molecular formula is C24H22F3N5O2. The van der Waals surface area contributed by atoms with Gasteiger partial charge < -0.3 is 9.64 Å².